The van der Waals surface area contributed by atoms with Gasteiger partial charge in [0, 0.05) is 23.8 Å². The molecule has 1 aromatic rings. The molecule has 0 unspecified atom stereocenters. The molecule has 0 spiro atoms. The Morgan fingerprint density at radius 1 is 1.11 bits per heavy atom. The lowest BCUT2D eigenvalue weighted by molar-refractivity contribution is -0.151. The van der Waals surface area contributed by atoms with Crippen LogP contribution in [0.15, 0.2) is 12.1 Å². The number of unbranched alkanes of at least 4 members (excludes halogenated alkanes) is 3. The van der Waals surface area contributed by atoms with Gasteiger partial charge in [-0.2, -0.15) is 0 Å². The molecule has 0 amide bonds. The fraction of sp³-hybridized carbons (Fsp3) is 0.708. The van der Waals surface area contributed by atoms with Gasteiger partial charge in [-0.1, -0.05) is 69.5 Å². The van der Waals surface area contributed by atoms with Gasteiger partial charge in [0.2, 0.25) is 0 Å². The lowest BCUT2D eigenvalue weighted by Gasteiger charge is -2.59. The molecule has 28 heavy (non-hydrogen) atoms. The number of phenols is 2. The lowest BCUT2D eigenvalue weighted by atomic mass is 9.44. The molecule has 3 aliphatic rings. The summed E-state index contributed by atoms with van der Waals surface area (Å²) in [6.07, 6.45) is 7.29. The smallest absolute Gasteiger partial charge is 0.137 e. The molecule has 0 radical (unpaired) electrons. The van der Waals surface area contributed by atoms with Crippen molar-refractivity contribution in [3.05, 3.63) is 23.3 Å². The Bertz CT molecular complexity index is 714. The van der Waals surface area contributed by atoms with E-state index in [0.717, 1.165) is 24.8 Å². The van der Waals surface area contributed by atoms with Gasteiger partial charge < -0.3 is 10.2 Å². The number of carbonyl (C=O) groups is 1. The highest BCUT2D eigenvalue weighted by atomic mass is 127. The van der Waals surface area contributed by atoms with Crippen LogP contribution in [0.25, 0.3) is 0 Å². The van der Waals surface area contributed by atoms with E-state index < -0.39 is 0 Å². The molecule has 3 fully saturated rings. The number of fused-ring (bicyclic) bond motifs is 2. The first-order valence-electron chi connectivity index (χ1n) is 10.7. The van der Waals surface area contributed by atoms with Crippen molar-refractivity contribution in [1.82, 2.24) is 0 Å². The van der Waals surface area contributed by atoms with Crippen molar-refractivity contribution in [1.29, 1.82) is 0 Å². The molecule has 3 saturated carbocycles. The first kappa shape index (κ1) is 21.9. The third kappa shape index (κ3) is 3.95. The van der Waals surface area contributed by atoms with E-state index in [9.17, 15) is 15.0 Å². The van der Waals surface area contributed by atoms with Crippen molar-refractivity contribution < 1.29 is 15.0 Å². The average Bonchev–Trinajstić information content (AvgIpc) is 2.60. The zero-order valence-corrected chi connectivity index (χ0v) is 19.9. The number of hydrogen-bond donors (Lipinski definition) is 2. The minimum atomic E-state index is -0.0962. The van der Waals surface area contributed by atoms with E-state index in [4.69, 9.17) is 0 Å². The molecular weight excluding hydrogens is 463 g/mol. The Hall–Kier alpha value is -0.780. The molecular formula is C24H35IO3. The van der Waals surface area contributed by atoms with Gasteiger partial charge in [0.15, 0.2) is 0 Å². The van der Waals surface area contributed by atoms with Crippen molar-refractivity contribution in [2.24, 2.45) is 17.3 Å². The SMILES string of the molecule is CC(C)(CCCCCCI)c1cc(O)c([C@@H]2CC(=O)[C@@H]3C[C@H]2C3(C)C)c(O)c1. The minimum Gasteiger partial charge on any atom is -0.508 e. The summed E-state index contributed by atoms with van der Waals surface area (Å²) in [5, 5.41) is 21.7. The fourth-order valence-electron chi connectivity index (χ4n) is 5.55. The van der Waals surface area contributed by atoms with Gasteiger partial charge in [0.1, 0.15) is 17.3 Å². The second-order valence-electron chi connectivity index (χ2n) is 10.2. The van der Waals surface area contributed by atoms with E-state index >= 15 is 0 Å². The maximum atomic E-state index is 12.5. The van der Waals surface area contributed by atoms with Gasteiger partial charge in [-0.05, 0) is 58.1 Å². The van der Waals surface area contributed by atoms with Crippen LogP contribution in [0.1, 0.15) is 89.7 Å². The van der Waals surface area contributed by atoms with Gasteiger partial charge in [0.05, 0.1) is 0 Å². The number of Topliss-reactive ketones (excluding diaryl/α,β-unsaturated/α-hetero) is 1. The number of aromatic hydroxyl groups is 2. The number of halogens is 1. The number of hydrogen-bond acceptors (Lipinski definition) is 3. The zero-order valence-electron chi connectivity index (χ0n) is 17.7. The number of carbonyl (C=O) groups excluding carboxylic acids is 1. The topological polar surface area (TPSA) is 57.5 Å². The minimum absolute atomic E-state index is 0.0330. The van der Waals surface area contributed by atoms with Crippen LogP contribution in [0.2, 0.25) is 0 Å². The molecule has 3 aliphatic carbocycles. The highest BCUT2D eigenvalue weighted by Gasteiger charge is 2.59. The summed E-state index contributed by atoms with van der Waals surface area (Å²) in [5.41, 5.74) is 1.44. The van der Waals surface area contributed by atoms with Crippen LogP contribution < -0.4 is 0 Å². The number of ketones is 1. The van der Waals surface area contributed by atoms with Gasteiger partial charge >= 0.3 is 0 Å². The van der Waals surface area contributed by atoms with Crippen LogP contribution in [-0.4, -0.2) is 20.4 Å². The Morgan fingerprint density at radius 2 is 1.71 bits per heavy atom. The third-order valence-electron chi connectivity index (χ3n) is 7.61. The first-order valence-corrected chi connectivity index (χ1v) is 12.3. The highest BCUT2D eigenvalue weighted by Crippen LogP contribution is 2.64. The Morgan fingerprint density at radius 3 is 2.25 bits per heavy atom. The van der Waals surface area contributed by atoms with Gasteiger partial charge in [-0.15, -0.1) is 0 Å². The summed E-state index contributed by atoms with van der Waals surface area (Å²) >= 11 is 2.42. The van der Waals surface area contributed by atoms with Crippen molar-refractivity contribution in [2.45, 2.75) is 84.0 Å². The van der Waals surface area contributed by atoms with Crippen LogP contribution >= 0.6 is 22.6 Å². The Balaban J connectivity index is 1.79. The molecule has 2 bridgehead atoms. The van der Waals surface area contributed by atoms with E-state index in [2.05, 4.69) is 50.3 Å². The van der Waals surface area contributed by atoms with E-state index in [-0.39, 0.29) is 39.9 Å². The van der Waals surface area contributed by atoms with Crippen molar-refractivity contribution >= 4 is 28.4 Å². The van der Waals surface area contributed by atoms with Gasteiger partial charge in [0.25, 0.3) is 0 Å². The molecule has 3 nitrogen and oxygen atoms in total. The van der Waals surface area contributed by atoms with Crippen LogP contribution in [0.5, 0.6) is 11.5 Å². The van der Waals surface area contributed by atoms with Gasteiger partial charge in [-0.25, -0.2) is 0 Å². The summed E-state index contributed by atoms with van der Waals surface area (Å²) in [5.74, 6) is 1.04. The average molecular weight is 498 g/mol. The van der Waals surface area contributed by atoms with E-state index in [1.54, 1.807) is 0 Å². The summed E-state index contributed by atoms with van der Waals surface area (Å²) in [6.45, 7) is 8.67. The maximum Gasteiger partial charge on any atom is 0.137 e. The second-order valence-corrected chi connectivity index (χ2v) is 11.2. The van der Waals surface area contributed by atoms with Crippen LogP contribution in [-0.2, 0) is 10.2 Å². The molecule has 156 valence electrons. The number of phenolic OH excluding ortho intramolecular Hbond substituents is 2. The van der Waals surface area contributed by atoms with Gasteiger partial charge in [-0.3, -0.25) is 4.79 Å². The lowest BCUT2D eigenvalue weighted by Crippen LogP contribution is -2.56. The molecule has 1 aromatic carbocycles. The first-order chi connectivity index (χ1) is 13.1. The Kier molecular flexibility index (Phi) is 6.38. The second kappa shape index (κ2) is 8.16. The predicted octanol–water partition coefficient (Wildman–Crippen LogP) is 6.48. The van der Waals surface area contributed by atoms with Crippen molar-refractivity contribution in [3.63, 3.8) is 0 Å². The van der Waals surface area contributed by atoms with Crippen LogP contribution in [0, 0.1) is 17.3 Å². The largest absolute Gasteiger partial charge is 0.508 e. The third-order valence-corrected chi connectivity index (χ3v) is 8.38. The molecule has 0 aromatic heterocycles. The fourth-order valence-corrected chi connectivity index (χ4v) is 6.09. The Labute approximate surface area is 183 Å². The summed E-state index contributed by atoms with van der Waals surface area (Å²) in [7, 11) is 0. The number of rotatable bonds is 8. The normalized spacial score (nSPS) is 26.2. The van der Waals surface area contributed by atoms with Crippen LogP contribution in [0.3, 0.4) is 0 Å². The molecule has 0 heterocycles. The van der Waals surface area contributed by atoms with E-state index in [1.807, 2.05) is 12.1 Å². The highest BCUT2D eigenvalue weighted by molar-refractivity contribution is 14.1. The molecule has 4 heteroatoms. The summed E-state index contributed by atoms with van der Waals surface area (Å²) in [6, 6.07) is 3.67. The van der Waals surface area contributed by atoms with Crippen LogP contribution in [0.4, 0.5) is 0 Å². The van der Waals surface area contributed by atoms with E-state index in [1.165, 1.54) is 23.7 Å². The standard InChI is InChI=1S/C24H35IO3/c1-23(2,9-7-5-6-8-10-25)15-11-20(27)22(21(28)12-15)16-13-19(26)18-14-17(16)24(18,3)4/h11-12,16-18,27-28H,5-10,13-14H2,1-4H3/t16-,17-,18+/m1/s1. The van der Waals surface area contributed by atoms with Crippen molar-refractivity contribution in [2.75, 3.05) is 4.43 Å². The molecule has 4 rings (SSSR count). The van der Waals surface area contributed by atoms with E-state index in [0.29, 0.717) is 17.9 Å². The number of benzene rings is 1. The summed E-state index contributed by atoms with van der Waals surface area (Å²) < 4.78 is 1.21. The predicted molar refractivity (Wildman–Crippen MR) is 123 cm³/mol. The molecule has 3 atom stereocenters. The zero-order chi connectivity index (χ0) is 20.7. The quantitative estimate of drug-likeness (QED) is 0.245. The van der Waals surface area contributed by atoms with Crippen molar-refractivity contribution in [3.8, 4) is 11.5 Å². The maximum absolute atomic E-state index is 12.5. The number of alkyl halides is 1. The summed E-state index contributed by atoms with van der Waals surface area (Å²) in [4.78, 5) is 12.5. The monoisotopic (exact) mass is 498 g/mol. The molecule has 0 aliphatic heterocycles. The molecule has 2 N–H and O–H groups in total. The molecule has 0 saturated heterocycles.